The molecule has 0 aromatic heterocycles. The zero-order chi connectivity index (χ0) is 6.06. The fraction of sp³-hybridized carbons (Fsp3) is 1.00. The maximum atomic E-state index is 6.19. The van der Waals surface area contributed by atoms with Crippen LogP contribution in [0.5, 0.6) is 0 Å². The summed E-state index contributed by atoms with van der Waals surface area (Å²) in [6, 6.07) is 0. The summed E-state index contributed by atoms with van der Waals surface area (Å²) in [4.78, 5) is 0. The maximum Gasteiger partial charge on any atom is 0.0188 e. The number of nitrogens with two attached hydrogens (primary N) is 1. The molecule has 0 aliphatic heterocycles. The molecule has 4 bridgehead atoms. The van der Waals surface area contributed by atoms with Gasteiger partial charge in [0, 0.05) is 5.54 Å². The summed E-state index contributed by atoms with van der Waals surface area (Å²) in [5.74, 6) is 3.05. The Morgan fingerprint density at radius 3 is 1.70 bits per heavy atom. The molecule has 2 N–H and O–H groups in total. The first-order valence-electron chi connectivity index (χ1n) is 4.07. The minimum atomic E-state index is 0. The quantitative estimate of drug-likeness (QED) is 0.571. The first kappa shape index (κ1) is 6.93. The Hall–Kier alpha value is 0.250. The highest BCUT2D eigenvalue weighted by molar-refractivity contribution is 5.85. The molecule has 0 aromatic rings. The third-order valence-electron chi connectivity index (χ3n) is 3.94. The van der Waals surface area contributed by atoms with Crippen molar-refractivity contribution >= 4 is 12.4 Å². The van der Waals surface area contributed by atoms with Crippen LogP contribution in [-0.2, 0) is 0 Å². The Morgan fingerprint density at radius 1 is 1.10 bits per heavy atom. The van der Waals surface area contributed by atoms with Crippen molar-refractivity contribution < 1.29 is 0 Å². The molecule has 58 valence electrons. The van der Waals surface area contributed by atoms with E-state index < -0.39 is 0 Å². The third-order valence-corrected chi connectivity index (χ3v) is 3.94. The lowest BCUT2D eigenvalue weighted by atomic mass is 9.92. The lowest BCUT2D eigenvalue weighted by Crippen LogP contribution is -2.38. The summed E-state index contributed by atoms with van der Waals surface area (Å²) in [5, 5.41) is 0. The van der Waals surface area contributed by atoms with E-state index in [1.54, 1.807) is 0 Å². The van der Waals surface area contributed by atoms with E-state index in [-0.39, 0.29) is 12.4 Å². The highest BCUT2D eigenvalue weighted by atomic mass is 35.5. The van der Waals surface area contributed by atoms with E-state index in [0.29, 0.717) is 5.54 Å². The zero-order valence-corrected chi connectivity index (χ0v) is 6.86. The molecule has 2 heteroatoms. The van der Waals surface area contributed by atoms with Gasteiger partial charge in [0.25, 0.3) is 0 Å². The monoisotopic (exact) mass is 159 g/mol. The molecule has 0 radical (unpaired) electrons. The molecule has 2 atom stereocenters. The molecule has 4 rings (SSSR count). The summed E-state index contributed by atoms with van der Waals surface area (Å²) < 4.78 is 0. The van der Waals surface area contributed by atoms with E-state index in [2.05, 4.69) is 0 Å². The maximum absolute atomic E-state index is 6.19. The van der Waals surface area contributed by atoms with E-state index in [0.717, 1.165) is 17.8 Å². The average Bonchev–Trinajstić information content (AvgIpc) is 2.27. The van der Waals surface area contributed by atoms with E-state index in [9.17, 15) is 0 Å². The first-order valence-corrected chi connectivity index (χ1v) is 4.07. The molecule has 4 saturated carbocycles. The second-order valence-electron chi connectivity index (χ2n) is 4.33. The van der Waals surface area contributed by atoms with E-state index in [1.165, 1.54) is 25.7 Å². The van der Waals surface area contributed by atoms with Crippen LogP contribution in [0.4, 0.5) is 0 Å². The van der Waals surface area contributed by atoms with Crippen LogP contribution in [0, 0.1) is 17.8 Å². The van der Waals surface area contributed by atoms with Crippen LogP contribution in [0.15, 0.2) is 0 Å². The van der Waals surface area contributed by atoms with Gasteiger partial charge in [-0.2, -0.15) is 0 Å². The van der Waals surface area contributed by atoms with Crippen molar-refractivity contribution in [2.75, 3.05) is 0 Å². The smallest absolute Gasteiger partial charge is 0.0188 e. The van der Waals surface area contributed by atoms with Gasteiger partial charge in [0.05, 0.1) is 0 Å². The summed E-state index contributed by atoms with van der Waals surface area (Å²) in [7, 11) is 0. The van der Waals surface area contributed by atoms with Crippen molar-refractivity contribution in [3.8, 4) is 0 Å². The Bertz CT molecular complexity index is 155. The number of halogens is 1. The van der Waals surface area contributed by atoms with Crippen molar-refractivity contribution in [3.63, 3.8) is 0 Å². The molecule has 0 aromatic carbocycles. The van der Waals surface area contributed by atoms with Crippen molar-refractivity contribution in [1.82, 2.24) is 0 Å². The molecular formula is C8H14ClN. The van der Waals surface area contributed by atoms with Crippen molar-refractivity contribution in [2.24, 2.45) is 23.5 Å². The molecule has 10 heavy (non-hydrogen) atoms. The predicted octanol–water partition coefficient (Wildman–Crippen LogP) is 1.56. The fourth-order valence-corrected chi connectivity index (χ4v) is 3.57. The average molecular weight is 160 g/mol. The van der Waals surface area contributed by atoms with Crippen LogP contribution in [0.1, 0.15) is 25.7 Å². The van der Waals surface area contributed by atoms with Gasteiger partial charge in [-0.25, -0.2) is 0 Å². The second kappa shape index (κ2) is 1.70. The third kappa shape index (κ3) is 0.543. The van der Waals surface area contributed by atoms with Crippen LogP contribution in [0.3, 0.4) is 0 Å². The van der Waals surface area contributed by atoms with E-state index >= 15 is 0 Å². The molecule has 0 heterocycles. The van der Waals surface area contributed by atoms with Gasteiger partial charge in [0.15, 0.2) is 0 Å². The summed E-state index contributed by atoms with van der Waals surface area (Å²) >= 11 is 0. The minimum Gasteiger partial charge on any atom is -0.325 e. The van der Waals surface area contributed by atoms with Gasteiger partial charge < -0.3 is 5.73 Å². The Balaban J connectivity index is 0.000000403. The van der Waals surface area contributed by atoms with Gasteiger partial charge in [0.1, 0.15) is 0 Å². The first-order chi connectivity index (χ1) is 4.28. The molecule has 4 aliphatic carbocycles. The van der Waals surface area contributed by atoms with Gasteiger partial charge in [-0.05, 0) is 43.4 Å². The molecule has 2 unspecified atom stereocenters. The van der Waals surface area contributed by atoms with Crippen molar-refractivity contribution in [1.29, 1.82) is 0 Å². The highest BCUT2D eigenvalue weighted by Gasteiger charge is 2.60. The zero-order valence-electron chi connectivity index (χ0n) is 6.05. The Morgan fingerprint density at radius 2 is 1.60 bits per heavy atom. The van der Waals surface area contributed by atoms with Crippen LogP contribution >= 0.6 is 12.4 Å². The normalized spacial score (nSPS) is 61.5. The standard InChI is InChI=1S/C8H13N.ClH/c9-8-3-5-1-7(8)2-6(5)4-8;/h5-7H,1-4,9H2;1H. The number of hydrogen-bond donors (Lipinski definition) is 1. The minimum absolute atomic E-state index is 0. The Kier molecular flexibility index (Phi) is 1.18. The Labute approximate surface area is 67.8 Å². The number of hydrogen-bond acceptors (Lipinski definition) is 1. The van der Waals surface area contributed by atoms with E-state index in [1.807, 2.05) is 0 Å². The van der Waals surface area contributed by atoms with Gasteiger partial charge in [-0.1, -0.05) is 0 Å². The summed E-state index contributed by atoms with van der Waals surface area (Å²) in [6.07, 6.45) is 5.67. The van der Waals surface area contributed by atoms with Crippen LogP contribution in [-0.4, -0.2) is 5.54 Å². The molecule has 0 amide bonds. The molecule has 0 saturated heterocycles. The molecule has 4 fully saturated rings. The van der Waals surface area contributed by atoms with Gasteiger partial charge in [0.2, 0.25) is 0 Å². The molecule has 4 aliphatic rings. The van der Waals surface area contributed by atoms with Gasteiger partial charge in [-0.3, -0.25) is 0 Å². The molecular weight excluding hydrogens is 146 g/mol. The van der Waals surface area contributed by atoms with Crippen molar-refractivity contribution in [2.45, 2.75) is 31.2 Å². The summed E-state index contributed by atoms with van der Waals surface area (Å²) in [6.45, 7) is 0. The number of rotatable bonds is 0. The van der Waals surface area contributed by atoms with Gasteiger partial charge >= 0.3 is 0 Å². The second-order valence-corrected chi connectivity index (χ2v) is 4.33. The van der Waals surface area contributed by atoms with Gasteiger partial charge in [-0.15, -0.1) is 12.4 Å². The van der Waals surface area contributed by atoms with Crippen LogP contribution in [0.25, 0.3) is 0 Å². The SMILES string of the molecule is Cl.NC12CC3CC1CC3C2. The van der Waals surface area contributed by atoms with E-state index in [4.69, 9.17) is 5.73 Å². The summed E-state index contributed by atoms with van der Waals surface area (Å²) in [5.41, 5.74) is 6.53. The molecule has 0 spiro atoms. The molecule has 1 nitrogen and oxygen atoms in total. The fourth-order valence-electron chi connectivity index (χ4n) is 3.57. The van der Waals surface area contributed by atoms with Crippen molar-refractivity contribution in [3.05, 3.63) is 0 Å². The lowest BCUT2D eigenvalue weighted by Gasteiger charge is -2.22. The highest BCUT2D eigenvalue weighted by Crippen LogP contribution is 2.63. The topological polar surface area (TPSA) is 26.0 Å². The van der Waals surface area contributed by atoms with Crippen LogP contribution < -0.4 is 5.73 Å². The largest absolute Gasteiger partial charge is 0.325 e. The lowest BCUT2D eigenvalue weighted by molar-refractivity contribution is 0.372. The predicted molar refractivity (Wildman–Crippen MR) is 43.1 cm³/mol. The van der Waals surface area contributed by atoms with Crippen LogP contribution in [0.2, 0.25) is 0 Å².